The minimum Gasteiger partial charge on any atom is -0.488 e. The molecule has 2 aliphatic rings. The van der Waals surface area contributed by atoms with Crippen molar-refractivity contribution in [2.24, 2.45) is 0 Å². The van der Waals surface area contributed by atoms with E-state index in [-0.39, 0.29) is 30.2 Å². The van der Waals surface area contributed by atoms with Gasteiger partial charge in [0.1, 0.15) is 18.0 Å². The van der Waals surface area contributed by atoms with E-state index in [2.05, 4.69) is 13.0 Å². The van der Waals surface area contributed by atoms with Crippen LogP contribution in [0.1, 0.15) is 96.9 Å². The predicted molar refractivity (Wildman–Crippen MR) is 155 cm³/mol. The highest BCUT2D eigenvalue weighted by atomic mass is 16.5. The van der Waals surface area contributed by atoms with Gasteiger partial charge in [-0.05, 0) is 69.0 Å². The Morgan fingerprint density at radius 3 is 2.31 bits per heavy atom. The molecule has 0 bridgehead atoms. The third kappa shape index (κ3) is 6.32. The Bertz CT molecular complexity index is 1380. The summed E-state index contributed by atoms with van der Waals surface area (Å²) in [6, 6.07) is 7.99. The number of carbonyl (C=O) groups is 2. The van der Waals surface area contributed by atoms with Gasteiger partial charge in [-0.2, -0.15) is 0 Å². The summed E-state index contributed by atoms with van der Waals surface area (Å²) in [7, 11) is 0. The molecule has 0 amide bonds. The van der Waals surface area contributed by atoms with Crippen molar-refractivity contribution >= 4 is 23.3 Å². The smallest absolute Gasteiger partial charge is 0.313 e. The molecule has 2 aromatic heterocycles. The van der Waals surface area contributed by atoms with Crippen LogP contribution in [-0.4, -0.2) is 32.7 Å². The maximum Gasteiger partial charge on any atom is 0.313 e. The van der Waals surface area contributed by atoms with Gasteiger partial charge in [-0.3, -0.25) is 14.4 Å². The standard InChI is InChI=1S/C26H28N2O4.2C2H6.CH2O2/c1-6-15-18-10-14(32-26(3,4)5)8-9-21(18)27-23-19(15)12-28-22(23)11-17-16(7-2)25(30)31-13-20(17)24(28)29;2*1-2;2-1-3/h8-11,16H,6-7,12-13H2,1-5H3;2*1-2H3;1H,(H,2,3). The summed E-state index contributed by atoms with van der Waals surface area (Å²) in [5.74, 6) is 0.158. The van der Waals surface area contributed by atoms with E-state index in [1.807, 2.05) is 73.6 Å². The van der Waals surface area contributed by atoms with Crippen LogP contribution in [0, 0.1) is 0 Å². The first kappa shape index (κ1) is 31.5. The van der Waals surface area contributed by atoms with Crippen LogP contribution in [0.5, 0.6) is 5.75 Å². The number of ether oxygens (including phenoxy) is 2. The molecular weight excluding hydrogens is 496 g/mol. The van der Waals surface area contributed by atoms with E-state index in [0.29, 0.717) is 18.5 Å². The highest BCUT2D eigenvalue weighted by molar-refractivity contribution is 5.89. The number of rotatable bonds is 3. The van der Waals surface area contributed by atoms with Crippen LogP contribution in [-0.2, 0) is 33.9 Å². The molecule has 8 nitrogen and oxygen atoms in total. The Morgan fingerprint density at radius 1 is 1.10 bits per heavy atom. The molecule has 3 aromatic rings. The van der Waals surface area contributed by atoms with Crippen molar-refractivity contribution < 1.29 is 24.2 Å². The number of hydrogen-bond donors (Lipinski definition) is 1. The van der Waals surface area contributed by atoms with Crippen LogP contribution in [0.3, 0.4) is 0 Å². The molecule has 4 heterocycles. The summed E-state index contributed by atoms with van der Waals surface area (Å²) in [6.45, 7) is 18.4. The fourth-order valence-electron chi connectivity index (χ4n) is 4.98. The second-order valence-electron chi connectivity index (χ2n) is 9.69. The zero-order valence-electron chi connectivity index (χ0n) is 24.7. The van der Waals surface area contributed by atoms with Crippen LogP contribution < -0.4 is 10.3 Å². The topological polar surface area (TPSA) is 108 Å². The first-order valence-corrected chi connectivity index (χ1v) is 13.8. The number of esters is 1. The van der Waals surface area contributed by atoms with Crippen molar-refractivity contribution in [2.75, 3.05) is 0 Å². The molecule has 0 spiro atoms. The van der Waals surface area contributed by atoms with Gasteiger partial charge in [0.2, 0.25) is 0 Å². The van der Waals surface area contributed by atoms with Gasteiger partial charge < -0.3 is 19.1 Å². The number of carboxylic acid groups (broad SMARTS) is 1. The van der Waals surface area contributed by atoms with E-state index in [1.54, 1.807) is 4.57 Å². The summed E-state index contributed by atoms with van der Waals surface area (Å²) in [5, 5.41) is 7.95. The number of pyridine rings is 2. The zero-order chi connectivity index (χ0) is 29.5. The van der Waals surface area contributed by atoms with Gasteiger partial charge in [0.15, 0.2) is 0 Å². The number of fused-ring (bicyclic) bond motifs is 5. The maximum atomic E-state index is 13.4. The predicted octanol–water partition coefficient (Wildman–Crippen LogP) is 6.47. The molecule has 0 fully saturated rings. The van der Waals surface area contributed by atoms with E-state index in [1.165, 1.54) is 5.56 Å². The van der Waals surface area contributed by atoms with Crippen molar-refractivity contribution in [1.29, 1.82) is 0 Å². The number of benzene rings is 1. The van der Waals surface area contributed by atoms with Crippen LogP contribution in [0.25, 0.3) is 22.3 Å². The normalized spacial score (nSPS) is 14.6. The summed E-state index contributed by atoms with van der Waals surface area (Å²) in [5.41, 5.74) is 5.80. The minimum absolute atomic E-state index is 0.0453. The van der Waals surface area contributed by atoms with Gasteiger partial charge in [-0.25, -0.2) is 4.98 Å². The Morgan fingerprint density at radius 2 is 1.74 bits per heavy atom. The second-order valence-corrected chi connectivity index (χ2v) is 9.69. The van der Waals surface area contributed by atoms with Crippen molar-refractivity contribution in [2.45, 2.75) is 99.8 Å². The Balaban J connectivity index is 0.000000700. The summed E-state index contributed by atoms with van der Waals surface area (Å²) < 4.78 is 13.2. The average molecular weight is 539 g/mol. The number of cyclic esters (lactones) is 1. The Hall–Kier alpha value is -3.68. The lowest BCUT2D eigenvalue weighted by atomic mass is 9.90. The van der Waals surface area contributed by atoms with E-state index >= 15 is 0 Å². The van der Waals surface area contributed by atoms with Crippen LogP contribution >= 0.6 is 0 Å². The molecule has 1 N–H and O–H groups in total. The molecule has 0 saturated carbocycles. The molecular formula is C31H42N2O6. The molecule has 8 heteroatoms. The van der Waals surface area contributed by atoms with Crippen LogP contribution in [0.4, 0.5) is 0 Å². The average Bonchev–Trinajstić information content (AvgIpc) is 3.27. The molecule has 1 unspecified atom stereocenters. The number of aromatic nitrogens is 2. The molecule has 1 atom stereocenters. The maximum absolute atomic E-state index is 13.4. The number of hydrogen-bond acceptors (Lipinski definition) is 6. The summed E-state index contributed by atoms with van der Waals surface area (Å²) in [4.78, 5) is 39.0. The van der Waals surface area contributed by atoms with Crippen LogP contribution in [0.15, 0.2) is 29.1 Å². The minimum atomic E-state index is -0.399. The van der Waals surface area contributed by atoms with Gasteiger partial charge in [0.25, 0.3) is 12.0 Å². The summed E-state index contributed by atoms with van der Waals surface area (Å²) in [6.07, 6.45) is 1.42. The number of carbonyl (C=O) groups excluding carboxylic acids is 1. The molecule has 0 saturated heterocycles. The van der Waals surface area contributed by atoms with Gasteiger partial charge >= 0.3 is 5.97 Å². The molecule has 39 heavy (non-hydrogen) atoms. The van der Waals surface area contributed by atoms with Gasteiger partial charge in [0, 0.05) is 10.9 Å². The monoisotopic (exact) mass is 538 g/mol. The highest BCUT2D eigenvalue weighted by Gasteiger charge is 2.34. The van der Waals surface area contributed by atoms with Crippen molar-refractivity contribution in [3.63, 3.8) is 0 Å². The van der Waals surface area contributed by atoms with Crippen molar-refractivity contribution in [3.8, 4) is 17.1 Å². The van der Waals surface area contributed by atoms with Crippen molar-refractivity contribution in [3.05, 3.63) is 56.9 Å². The number of nitrogens with zero attached hydrogens (tertiary/aromatic N) is 2. The van der Waals surface area contributed by atoms with E-state index < -0.39 is 5.92 Å². The highest BCUT2D eigenvalue weighted by Crippen LogP contribution is 2.39. The fraction of sp³-hybridized carbons (Fsp3) is 0.484. The fourth-order valence-corrected chi connectivity index (χ4v) is 4.98. The van der Waals surface area contributed by atoms with Crippen LogP contribution in [0.2, 0.25) is 0 Å². The molecule has 0 radical (unpaired) electrons. The lowest BCUT2D eigenvalue weighted by Crippen LogP contribution is -2.32. The Labute approximate surface area is 231 Å². The molecule has 212 valence electrons. The van der Waals surface area contributed by atoms with E-state index in [0.717, 1.165) is 45.6 Å². The van der Waals surface area contributed by atoms with Gasteiger partial charge in [0.05, 0.1) is 34.9 Å². The molecule has 2 aliphatic heterocycles. The molecule has 5 rings (SSSR count). The van der Waals surface area contributed by atoms with Crippen molar-refractivity contribution in [1.82, 2.24) is 9.55 Å². The lowest BCUT2D eigenvalue weighted by Gasteiger charge is -2.24. The SMILES string of the molecule is CC.CC.CCc1c2c(nc3ccc(OC(C)(C)C)cc13)-c1cc3c(c(=O)n1C2)COC(=O)C3CC.O=CO. The molecule has 0 aliphatic carbocycles. The molecule has 1 aromatic carbocycles. The van der Waals surface area contributed by atoms with Gasteiger partial charge in [-0.1, -0.05) is 41.5 Å². The summed E-state index contributed by atoms with van der Waals surface area (Å²) >= 11 is 0. The quantitative estimate of drug-likeness (QED) is 0.235. The Kier molecular flexibility index (Phi) is 10.8. The lowest BCUT2D eigenvalue weighted by molar-refractivity contribution is -0.148. The first-order chi connectivity index (χ1) is 18.6. The third-order valence-electron chi connectivity index (χ3n) is 6.37. The second kappa shape index (κ2) is 13.4. The van der Waals surface area contributed by atoms with Gasteiger partial charge in [-0.15, -0.1) is 0 Å². The third-order valence-corrected chi connectivity index (χ3v) is 6.37. The van der Waals surface area contributed by atoms with E-state index in [4.69, 9.17) is 24.4 Å². The zero-order valence-corrected chi connectivity index (χ0v) is 24.7. The largest absolute Gasteiger partial charge is 0.488 e. The van der Waals surface area contributed by atoms with E-state index in [9.17, 15) is 9.59 Å². The first-order valence-electron chi connectivity index (χ1n) is 13.8. The number of aryl methyl sites for hydroxylation is 1.